The number of hydrogen-bond acceptors (Lipinski definition) is 4. The molecule has 1 heterocycles. The standard InChI is InChI=1S/C23H28N2O4/c1-17-9-11-20(12-10-17)28-14-3-2-13-24-22(26)18-6-4-7-19(16-18)25-23(27)21-8-5-15-29-21/h4,6-7,9-12,16,21H,2-3,5,8,13-15H2,1H3,(H,24,26)(H,25,27). The molecule has 2 aromatic rings. The largest absolute Gasteiger partial charge is 0.494 e. The van der Waals surface area contributed by atoms with Gasteiger partial charge in [-0.25, -0.2) is 0 Å². The highest BCUT2D eigenvalue weighted by molar-refractivity contribution is 5.98. The average Bonchev–Trinajstić information content (AvgIpc) is 3.27. The molecular formula is C23H28N2O4. The second-order valence-corrected chi connectivity index (χ2v) is 7.20. The van der Waals surface area contributed by atoms with Crippen molar-refractivity contribution in [3.8, 4) is 5.75 Å². The first-order valence-corrected chi connectivity index (χ1v) is 10.1. The molecule has 0 aliphatic carbocycles. The molecule has 2 amide bonds. The lowest BCUT2D eigenvalue weighted by Crippen LogP contribution is -2.27. The van der Waals surface area contributed by atoms with E-state index in [0.29, 0.717) is 31.0 Å². The summed E-state index contributed by atoms with van der Waals surface area (Å²) in [5, 5.41) is 5.73. The van der Waals surface area contributed by atoms with E-state index in [1.54, 1.807) is 24.3 Å². The Labute approximate surface area is 171 Å². The zero-order chi connectivity index (χ0) is 20.5. The molecule has 0 spiro atoms. The topological polar surface area (TPSA) is 76.7 Å². The Hall–Kier alpha value is -2.86. The number of benzene rings is 2. The van der Waals surface area contributed by atoms with Crippen LogP contribution in [0.4, 0.5) is 5.69 Å². The summed E-state index contributed by atoms with van der Waals surface area (Å²) in [6.45, 7) is 3.85. The number of nitrogens with one attached hydrogen (secondary N) is 2. The summed E-state index contributed by atoms with van der Waals surface area (Å²) in [4.78, 5) is 24.5. The molecule has 1 unspecified atom stereocenters. The van der Waals surface area contributed by atoms with Crippen molar-refractivity contribution in [3.05, 3.63) is 59.7 Å². The Bertz CT molecular complexity index is 814. The van der Waals surface area contributed by atoms with Gasteiger partial charge in [-0.2, -0.15) is 0 Å². The summed E-state index contributed by atoms with van der Waals surface area (Å²) in [5.41, 5.74) is 2.33. The quantitative estimate of drug-likeness (QED) is 0.634. The van der Waals surface area contributed by atoms with Crippen LogP contribution in [0.1, 0.15) is 41.6 Å². The lowest BCUT2D eigenvalue weighted by Gasteiger charge is -2.11. The van der Waals surface area contributed by atoms with E-state index in [-0.39, 0.29) is 11.8 Å². The molecule has 2 aromatic carbocycles. The Balaban J connectivity index is 1.36. The highest BCUT2D eigenvalue weighted by atomic mass is 16.5. The van der Waals surface area contributed by atoms with Crippen LogP contribution in [0.5, 0.6) is 5.75 Å². The molecular weight excluding hydrogens is 368 g/mol. The number of ether oxygens (including phenoxy) is 2. The van der Waals surface area contributed by atoms with E-state index < -0.39 is 6.10 Å². The smallest absolute Gasteiger partial charge is 0.253 e. The molecule has 1 saturated heterocycles. The third-order valence-electron chi connectivity index (χ3n) is 4.76. The number of unbranched alkanes of at least 4 members (excludes halogenated alkanes) is 1. The Morgan fingerprint density at radius 1 is 1.14 bits per heavy atom. The number of carbonyl (C=O) groups is 2. The zero-order valence-electron chi connectivity index (χ0n) is 16.8. The summed E-state index contributed by atoms with van der Waals surface area (Å²) in [5.74, 6) is 0.549. The summed E-state index contributed by atoms with van der Waals surface area (Å²) in [7, 11) is 0. The van der Waals surface area contributed by atoms with Crippen molar-refractivity contribution in [2.75, 3.05) is 25.1 Å². The second-order valence-electron chi connectivity index (χ2n) is 7.20. The van der Waals surface area contributed by atoms with Gasteiger partial charge in [0.15, 0.2) is 0 Å². The van der Waals surface area contributed by atoms with Gasteiger partial charge in [0, 0.05) is 24.4 Å². The highest BCUT2D eigenvalue weighted by Crippen LogP contribution is 2.16. The number of anilines is 1. The molecule has 1 aliphatic heterocycles. The Morgan fingerprint density at radius 2 is 1.97 bits per heavy atom. The molecule has 1 atom stereocenters. The van der Waals surface area contributed by atoms with Gasteiger partial charge in [0.05, 0.1) is 6.61 Å². The SMILES string of the molecule is Cc1ccc(OCCCCNC(=O)c2cccc(NC(=O)C3CCCO3)c2)cc1. The Kier molecular flexibility index (Phi) is 7.64. The van der Waals surface area contributed by atoms with Gasteiger partial charge in [-0.1, -0.05) is 23.8 Å². The summed E-state index contributed by atoms with van der Waals surface area (Å²) in [6, 6.07) is 14.9. The van der Waals surface area contributed by atoms with Crippen molar-refractivity contribution in [3.63, 3.8) is 0 Å². The van der Waals surface area contributed by atoms with Crippen molar-refractivity contribution in [1.29, 1.82) is 0 Å². The van der Waals surface area contributed by atoms with Gasteiger partial charge in [0.2, 0.25) is 0 Å². The summed E-state index contributed by atoms with van der Waals surface area (Å²) >= 11 is 0. The molecule has 6 nitrogen and oxygen atoms in total. The van der Waals surface area contributed by atoms with Crippen LogP contribution in [0, 0.1) is 6.92 Å². The minimum absolute atomic E-state index is 0.155. The van der Waals surface area contributed by atoms with Gasteiger partial charge >= 0.3 is 0 Å². The van der Waals surface area contributed by atoms with E-state index in [1.165, 1.54) is 5.56 Å². The van der Waals surface area contributed by atoms with E-state index in [4.69, 9.17) is 9.47 Å². The molecule has 1 aliphatic rings. The van der Waals surface area contributed by atoms with Gasteiger partial charge in [0.25, 0.3) is 11.8 Å². The molecule has 0 saturated carbocycles. The third-order valence-corrected chi connectivity index (χ3v) is 4.76. The fourth-order valence-corrected chi connectivity index (χ4v) is 3.10. The fraction of sp³-hybridized carbons (Fsp3) is 0.391. The van der Waals surface area contributed by atoms with Gasteiger partial charge in [-0.05, 0) is 62.9 Å². The Morgan fingerprint density at radius 3 is 2.72 bits per heavy atom. The maximum atomic E-state index is 12.3. The molecule has 154 valence electrons. The van der Waals surface area contributed by atoms with E-state index in [0.717, 1.165) is 31.4 Å². The maximum Gasteiger partial charge on any atom is 0.253 e. The van der Waals surface area contributed by atoms with E-state index in [1.807, 2.05) is 31.2 Å². The van der Waals surface area contributed by atoms with Crippen molar-refractivity contribution in [1.82, 2.24) is 5.32 Å². The van der Waals surface area contributed by atoms with Crippen molar-refractivity contribution in [2.45, 2.75) is 38.7 Å². The average molecular weight is 396 g/mol. The first-order chi connectivity index (χ1) is 14.1. The molecule has 3 rings (SSSR count). The van der Waals surface area contributed by atoms with Crippen LogP contribution in [-0.4, -0.2) is 37.7 Å². The first-order valence-electron chi connectivity index (χ1n) is 10.1. The maximum absolute atomic E-state index is 12.3. The van der Waals surface area contributed by atoms with Gasteiger partial charge in [-0.15, -0.1) is 0 Å². The molecule has 0 bridgehead atoms. The second kappa shape index (κ2) is 10.6. The summed E-state index contributed by atoms with van der Waals surface area (Å²) < 4.78 is 11.1. The van der Waals surface area contributed by atoms with Gasteiger partial charge < -0.3 is 20.1 Å². The van der Waals surface area contributed by atoms with Crippen molar-refractivity contribution in [2.24, 2.45) is 0 Å². The van der Waals surface area contributed by atoms with Crippen LogP contribution in [0.25, 0.3) is 0 Å². The van der Waals surface area contributed by atoms with Crippen LogP contribution in [0.3, 0.4) is 0 Å². The molecule has 2 N–H and O–H groups in total. The number of carbonyl (C=O) groups excluding carboxylic acids is 2. The van der Waals surface area contributed by atoms with E-state index in [2.05, 4.69) is 10.6 Å². The number of rotatable bonds is 9. The molecule has 0 aromatic heterocycles. The highest BCUT2D eigenvalue weighted by Gasteiger charge is 2.23. The van der Waals surface area contributed by atoms with Crippen molar-refractivity contribution < 1.29 is 19.1 Å². The number of amides is 2. The molecule has 1 fully saturated rings. The monoisotopic (exact) mass is 396 g/mol. The lowest BCUT2D eigenvalue weighted by atomic mass is 10.1. The van der Waals surface area contributed by atoms with Gasteiger partial charge in [0.1, 0.15) is 11.9 Å². The summed E-state index contributed by atoms with van der Waals surface area (Å²) in [6.07, 6.45) is 2.92. The third kappa shape index (κ3) is 6.61. The number of aryl methyl sites for hydroxylation is 1. The van der Waals surface area contributed by atoms with Crippen LogP contribution in [0.2, 0.25) is 0 Å². The predicted octanol–water partition coefficient (Wildman–Crippen LogP) is 3.70. The van der Waals surface area contributed by atoms with Crippen molar-refractivity contribution >= 4 is 17.5 Å². The van der Waals surface area contributed by atoms with Gasteiger partial charge in [-0.3, -0.25) is 9.59 Å². The fourth-order valence-electron chi connectivity index (χ4n) is 3.10. The van der Waals surface area contributed by atoms with Crippen LogP contribution < -0.4 is 15.4 Å². The van der Waals surface area contributed by atoms with Crippen LogP contribution >= 0.6 is 0 Å². The zero-order valence-corrected chi connectivity index (χ0v) is 16.8. The molecule has 29 heavy (non-hydrogen) atoms. The van der Waals surface area contributed by atoms with E-state index >= 15 is 0 Å². The normalized spacial score (nSPS) is 15.7. The predicted molar refractivity (Wildman–Crippen MR) is 112 cm³/mol. The van der Waals surface area contributed by atoms with Crippen LogP contribution in [-0.2, 0) is 9.53 Å². The minimum Gasteiger partial charge on any atom is -0.494 e. The molecule has 6 heteroatoms. The van der Waals surface area contributed by atoms with E-state index in [9.17, 15) is 9.59 Å². The molecule has 0 radical (unpaired) electrons. The minimum atomic E-state index is -0.394. The first kappa shape index (κ1) is 20.9. The van der Waals surface area contributed by atoms with Crippen LogP contribution in [0.15, 0.2) is 48.5 Å². The lowest BCUT2D eigenvalue weighted by molar-refractivity contribution is -0.124. The number of hydrogen-bond donors (Lipinski definition) is 2.